The van der Waals surface area contributed by atoms with E-state index in [-0.39, 0.29) is 11.2 Å². The van der Waals surface area contributed by atoms with E-state index in [9.17, 15) is 4.79 Å². The van der Waals surface area contributed by atoms with Crippen LogP contribution >= 0.6 is 11.8 Å². The fourth-order valence-corrected chi connectivity index (χ4v) is 3.79. The third-order valence-corrected chi connectivity index (χ3v) is 5.25. The normalized spacial score (nSPS) is 11.4. The number of ether oxygens (including phenoxy) is 1. The van der Waals surface area contributed by atoms with E-state index >= 15 is 0 Å². The topological polar surface area (TPSA) is 44.1 Å². The lowest BCUT2D eigenvalue weighted by Crippen LogP contribution is -2.22. The van der Waals surface area contributed by atoms with Gasteiger partial charge in [-0.05, 0) is 12.1 Å². The summed E-state index contributed by atoms with van der Waals surface area (Å²) in [6.07, 6.45) is 1.85. The number of hydrogen-bond acceptors (Lipinski definition) is 4. The minimum Gasteiger partial charge on any atom is -0.495 e. The molecule has 0 saturated carbocycles. The third kappa shape index (κ3) is 4.25. The molecule has 0 spiro atoms. The first-order chi connectivity index (χ1) is 12.9. The van der Waals surface area contributed by atoms with Crippen LogP contribution in [0.25, 0.3) is 16.9 Å². The highest BCUT2D eigenvalue weighted by atomic mass is 32.2. The molecule has 0 aliphatic carbocycles. The molecule has 3 aromatic rings. The van der Waals surface area contributed by atoms with Crippen molar-refractivity contribution in [1.82, 2.24) is 9.55 Å². The lowest BCUT2D eigenvalue weighted by Gasteiger charge is -2.17. The maximum absolute atomic E-state index is 12.4. The van der Waals surface area contributed by atoms with Crippen molar-refractivity contribution in [2.24, 2.45) is 5.41 Å². The average molecular weight is 381 g/mol. The summed E-state index contributed by atoms with van der Waals surface area (Å²) in [6, 6.07) is 18.0. The number of benzene rings is 2. The second kappa shape index (κ2) is 8.01. The number of Topliss-reactive ketones (excluding diaryl/α,β-unsaturated/α-hetero) is 1. The number of carbonyl (C=O) groups excluding carboxylic acids is 1. The smallest absolute Gasteiger partial charge is 0.173 e. The first-order valence-electron chi connectivity index (χ1n) is 8.84. The predicted octanol–water partition coefficient (Wildman–Crippen LogP) is 5.26. The molecule has 5 heteroatoms. The van der Waals surface area contributed by atoms with Crippen LogP contribution in [0, 0.1) is 5.41 Å². The standard InChI is InChI=1S/C22H24N2O2S/c1-22(2,3)20(25)15-27-21-23-14-18(16-10-6-5-7-11-16)24(21)17-12-8-9-13-19(17)26-4/h5-14H,15H2,1-4H3. The van der Waals surface area contributed by atoms with Crippen LogP contribution < -0.4 is 4.74 Å². The Hall–Kier alpha value is -2.53. The van der Waals surface area contributed by atoms with Gasteiger partial charge in [0.1, 0.15) is 11.5 Å². The summed E-state index contributed by atoms with van der Waals surface area (Å²) in [5, 5.41) is 0.774. The van der Waals surface area contributed by atoms with Crippen LogP contribution in [-0.2, 0) is 4.79 Å². The fourth-order valence-electron chi connectivity index (χ4n) is 2.64. The molecule has 0 bridgehead atoms. The molecule has 3 rings (SSSR count). The zero-order valence-electron chi connectivity index (χ0n) is 16.1. The Morgan fingerprint density at radius 1 is 1.07 bits per heavy atom. The molecule has 0 radical (unpaired) electrons. The number of imidazole rings is 1. The van der Waals surface area contributed by atoms with Gasteiger partial charge in [0.15, 0.2) is 5.16 Å². The zero-order chi connectivity index (χ0) is 19.4. The SMILES string of the molecule is COc1ccccc1-n1c(-c2ccccc2)cnc1SCC(=O)C(C)(C)C. The zero-order valence-corrected chi connectivity index (χ0v) is 16.9. The molecular formula is C22H24N2O2S. The second-order valence-electron chi connectivity index (χ2n) is 7.26. The highest BCUT2D eigenvalue weighted by molar-refractivity contribution is 7.99. The molecule has 0 atom stereocenters. The lowest BCUT2D eigenvalue weighted by atomic mass is 9.92. The fraction of sp³-hybridized carbons (Fsp3) is 0.273. The number of methoxy groups -OCH3 is 1. The maximum atomic E-state index is 12.4. The van der Waals surface area contributed by atoms with Crippen LogP contribution in [0.4, 0.5) is 0 Å². The van der Waals surface area contributed by atoms with E-state index < -0.39 is 0 Å². The average Bonchev–Trinajstić information content (AvgIpc) is 3.09. The monoisotopic (exact) mass is 380 g/mol. The van der Waals surface area contributed by atoms with Gasteiger partial charge >= 0.3 is 0 Å². The van der Waals surface area contributed by atoms with E-state index in [0.717, 1.165) is 27.9 Å². The molecule has 0 amide bonds. The number of rotatable bonds is 6. The molecule has 0 unspecified atom stereocenters. The number of ketones is 1. The Labute approximate surface area is 164 Å². The number of para-hydroxylation sites is 2. The first kappa shape index (κ1) is 19.2. The van der Waals surface area contributed by atoms with Gasteiger partial charge in [-0.2, -0.15) is 0 Å². The summed E-state index contributed by atoms with van der Waals surface area (Å²) in [5.41, 5.74) is 2.56. The second-order valence-corrected chi connectivity index (χ2v) is 8.20. The van der Waals surface area contributed by atoms with E-state index in [4.69, 9.17) is 4.74 Å². The molecule has 0 aliphatic heterocycles. The van der Waals surface area contributed by atoms with Crippen molar-refractivity contribution < 1.29 is 9.53 Å². The Kier molecular flexibility index (Phi) is 5.71. The number of hydrogen-bond donors (Lipinski definition) is 0. The number of carbonyl (C=O) groups is 1. The summed E-state index contributed by atoms with van der Waals surface area (Å²) in [5.74, 6) is 1.34. The first-order valence-corrected chi connectivity index (χ1v) is 9.83. The summed E-state index contributed by atoms with van der Waals surface area (Å²) in [4.78, 5) is 17.0. The number of nitrogens with zero attached hydrogens (tertiary/aromatic N) is 2. The van der Waals surface area contributed by atoms with Crippen molar-refractivity contribution in [1.29, 1.82) is 0 Å². The van der Waals surface area contributed by atoms with Crippen LogP contribution in [0.5, 0.6) is 5.75 Å². The Bertz CT molecular complexity index is 927. The van der Waals surface area contributed by atoms with Crippen molar-refractivity contribution in [3.05, 3.63) is 60.8 Å². The lowest BCUT2D eigenvalue weighted by molar-refractivity contribution is -0.123. The van der Waals surface area contributed by atoms with Crippen molar-refractivity contribution in [2.75, 3.05) is 12.9 Å². The predicted molar refractivity (Wildman–Crippen MR) is 111 cm³/mol. The third-order valence-electron chi connectivity index (χ3n) is 4.29. The van der Waals surface area contributed by atoms with Gasteiger partial charge in [0.25, 0.3) is 0 Å². The molecule has 1 heterocycles. The number of aromatic nitrogens is 2. The molecule has 0 aliphatic rings. The van der Waals surface area contributed by atoms with E-state index in [0.29, 0.717) is 5.75 Å². The molecule has 27 heavy (non-hydrogen) atoms. The highest BCUT2D eigenvalue weighted by Crippen LogP contribution is 2.34. The highest BCUT2D eigenvalue weighted by Gasteiger charge is 2.23. The van der Waals surface area contributed by atoms with Gasteiger partial charge in [-0.25, -0.2) is 4.98 Å². The molecule has 1 aromatic heterocycles. The molecule has 4 nitrogen and oxygen atoms in total. The van der Waals surface area contributed by atoms with Crippen molar-refractivity contribution in [3.63, 3.8) is 0 Å². The molecule has 2 aromatic carbocycles. The minimum atomic E-state index is -0.364. The summed E-state index contributed by atoms with van der Waals surface area (Å²) >= 11 is 1.46. The molecule has 140 valence electrons. The van der Waals surface area contributed by atoms with Crippen molar-refractivity contribution >= 4 is 17.5 Å². The van der Waals surface area contributed by atoms with Crippen LogP contribution in [0.3, 0.4) is 0 Å². The molecular weight excluding hydrogens is 356 g/mol. The van der Waals surface area contributed by atoms with Gasteiger partial charge in [-0.1, -0.05) is 75.0 Å². The summed E-state index contributed by atoms with van der Waals surface area (Å²) in [6.45, 7) is 5.83. The van der Waals surface area contributed by atoms with Gasteiger partial charge in [0, 0.05) is 11.0 Å². The quantitative estimate of drug-likeness (QED) is 0.548. The Balaban J connectivity index is 2.07. The Morgan fingerprint density at radius 3 is 2.41 bits per heavy atom. The van der Waals surface area contributed by atoms with Crippen molar-refractivity contribution in [2.45, 2.75) is 25.9 Å². The maximum Gasteiger partial charge on any atom is 0.173 e. The summed E-state index contributed by atoms with van der Waals surface area (Å²) in [7, 11) is 1.66. The van der Waals surface area contributed by atoms with E-state index in [2.05, 4.69) is 21.7 Å². The van der Waals surface area contributed by atoms with E-state index in [1.165, 1.54) is 11.8 Å². The largest absolute Gasteiger partial charge is 0.495 e. The van der Waals surface area contributed by atoms with Gasteiger partial charge < -0.3 is 4.74 Å². The Morgan fingerprint density at radius 2 is 1.74 bits per heavy atom. The van der Waals surface area contributed by atoms with Gasteiger partial charge in [-0.3, -0.25) is 9.36 Å². The van der Waals surface area contributed by atoms with Gasteiger partial charge in [0.2, 0.25) is 0 Å². The van der Waals surface area contributed by atoms with Crippen LogP contribution in [0.2, 0.25) is 0 Å². The van der Waals surface area contributed by atoms with E-state index in [1.807, 2.05) is 69.4 Å². The van der Waals surface area contributed by atoms with Gasteiger partial charge in [0.05, 0.1) is 30.4 Å². The van der Waals surface area contributed by atoms with Crippen LogP contribution in [-0.4, -0.2) is 28.2 Å². The minimum absolute atomic E-state index is 0.198. The van der Waals surface area contributed by atoms with Crippen LogP contribution in [0.15, 0.2) is 66.0 Å². The van der Waals surface area contributed by atoms with Crippen molar-refractivity contribution in [3.8, 4) is 22.7 Å². The van der Waals surface area contributed by atoms with Gasteiger partial charge in [-0.15, -0.1) is 0 Å². The van der Waals surface area contributed by atoms with Crippen LogP contribution in [0.1, 0.15) is 20.8 Å². The molecule has 0 saturated heterocycles. The van der Waals surface area contributed by atoms with E-state index in [1.54, 1.807) is 7.11 Å². The number of thioether (sulfide) groups is 1. The summed E-state index contributed by atoms with van der Waals surface area (Å²) < 4.78 is 7.63. The molecule has 0 N–H and O–H groups in total. The molecule has 0 fully saturated rings.